The van der Waals surface area contributed by atoms with Crippen molar-refractivity contribution in [2.45, 2.75) is 29.2 Å². The highest BCUT2D eigenvalue weighted by Gasteiger charge is 2.07. The van der Waals surface area contributed by atoms with Crippen LogP contribution in [0.25, 0.3) is 0 Å². The van der Waals surface area contributed by atoms with Crippen LogP contribution >= 0.6 is 23.1 Å². The first kappa shape index (κ1) is 9.63. The molecule has 1 atom stereocenters. The first-order valence-electron chi connectivity index (χ1n) is 3.94. The first-order valence-corrected chi connectivity index (χ1v) is 5.70. The second-order valence-electron chi connectivity index (χ2n) is 2.44. The Kier molecular flexibility index (Phi) is 4.20. The molecule has 3 heteroatoms. The van der Waals surface area contributed by atoms with E-state index in [9.17, 15) is 0 Å². The third-order valence-corrected chi connectivity index (χ3v) is 3.99. The summed E-state index contributed by atoms with van der Waals surface area (Å²) in [5, 5.41) is 11.1. The Balaban J connectivity index is 2.44. The maximum Gasteiger partial charge on any atom is 0.0633 e. The highest BCUT2D eigenvalue weighted by molar-refractivity contribution is 8.01. The van der Waals surface area contributed by atoms with E-state index in [1.165, 1.54) is 4.21 Å². The van der Waals surface area contributed by atoms with Crippen molar-refractivity contribution in [2.75, 3.05) is 0 Å². The first-order chi connectivity index (χ1) is 5.86. The van der Waals surface area contributed by atoms with Gasteiger partial charge in [0.1, 0.15) is 0 Å². The highest BCUT2D eigenvalue weighted by atomic mass is 32.2. The summed E-state index contributed by atoms with van der Waals surface area (Å²) in [7, 11) is 0. The maximum atomic E-state index is 8.54. The lowest BCUT2D eigenvalue weighted by Gasteiger charge is -2.07. The van der Waals surface area contributed by atoms with Gasteiger partial charge in [-0.2, -0.15) is 5.26 Å². The van der Waals surface area contributed by atoms with Crippen LogP contribution in [0.15, 0.2) is 21.7 Å². The summed E-state index contributed by atoms with van der Waals surface area (Å²) in [6.45, 7) is 2.13. The molecule has 1 aromatic heterocycles. The average molecular weight is 197 g/mol. The minimum atomic E-state index is 0.466. The smallest absolute Gasteiger partial charge is 0.0633 e. The number of nitriles is 1. The van der Waals surface area contributed by atoms with Crippen LogP contribution in [0.5, 0.6) is 0 Å². The Bertz CT molecular complexity index is 248. The van der Waals surface area contributed by atoms with E-state index in [4.69, 9.17) is 5.26 Å². The van der Waals surface area contributed by atoms with Gasteiger partial charge in [0, 0.05) is 11.7 Å². The second-order valence-corrected chi connectivity index (χ2v) is 4.99. The second kappa shape index (κ2) is 5.23. The molecular formula is C9H11NS2. The zero-order valence-corrected chi connectivity index (χ0v) is 8.62. The van der Waals surface area contributed by atoms with Crippen molar-refractivity contribution in [1.29, 1.82) is 5.26 Å². The Morgan fingerprint density at radius 3 is 3.08 bits per heavy atom. The predicted octanol–water partition coefficient (Wildman–Crippen LogP) is 3.53. The van der Waals surface area contributed by atoms with Gasteiger partial charge in [-0.15, -0.1) is 23.1 Å². The highest BCUT2D eigenvalue weighted by Crippen LogP contribution is 2.30. The van der Waals surface area contributed by atoms with E-state index in [1.54, 1.807) is 11.3 Å². The molecule has 12 heavy (non-hydrogen) atoms. The summed E-state index contributed by atoms with van der Waals surface area (Å²) in [5.74, 6) is 0. The normalized spacial score (nSPS) is 12.3. The molecule has 1 unspecified atom stereocenters. The van der Waals surface area contributed by atoms with Crippen molar-refractivity contribution in [3.8, 4) is 6.07 Å². The zero-order chi connectivity index (χ0) is 8.81. The molecule has 0 radical (unpaired) electrons. The molecule has 0 aliphatic heterocycles. The van der Waals surface area contributed by atoms with Gasteiger partial charge >= 0.3 is 0 Å². The molecular weight excluding hydrogens is 186 g/mol. The Morgan fingerprint density at radius 1 is 1.75 bits per heavy atom. The largest absolute Gasteiger partial charge is 0.198 e. The van der Waals surface area contributed by atoms with Crippen molar-refractivity contribution in [3.63, 3.8) is 0 Å². The fraction of sp³-hybridized carbons (Fsp3) is 0.444. The molecule has 1 heterocycles. The van der Waals surface area contributed by atoms with E-state index in [1.807, 2.05) is 17.8 Å². The van der Waals surface area contributed by atoms with Gasteiger partial charge in [-0.25, -0.2) is 0 Å². The molecule has 0 fully saturated rings. The maximum absolute atomic E-state index is 8.54. The summed E-state index contributed by atoms with van der Waals surface area (Å²) < 4.78 is 1.32. The Labute approximate surface area is 81.4 Å². The van der Waals surface area contributed by atoms with Gasteiger partial charge in [-0.3, -0.25) is 0 Å². The van der Waals surface area contributed by atoms with Gasteiger partial charge in [0.2, 0.25) is 0 Å². The van der Waals surface area contributed by atoms with Gasteiger partial charge < -0.3 is 0 Å². The molecule has 0 aliphatic rings. The van der Waals surface area contributed by atoms with E-state index in [0.29, 0.717) is 11.7 Å². The Hall–Kier alpha value is -0.460. The number of hydrogen-bond donors (Lipinski definition) is 0. The number of hydrogen-bond acceptors (Lipinski definition) is 3. The standard InChI is InChI=1S/C9H11NS2/c1-2-8(5-6-10)12-9-4-3-7-11-9/h3-4,7-8H,2,5H2,1H3. The topological polar surface area (TPSA) is 23.8 Å². The van der Waals surface area contributed by atoms with Crippen LogP contribution in [0.3, 0.4) is 0 Å². The van der Waals surface area contributed by atoms with Crippen LogP contribution in [0, 0.1) is 11.3 Å². The van der Waals surface area contributed by atoms with E-state index in [-0.39, 0.29) is 0 Å². The molecule has 0 bridgehead atoms. The average Bonchev–Trinajstić information content (AvgIpc) is 2.56. The lowest BCUT2D eigenvalue weighted by atomic mass is 10.3. The summed E-state index contributed by atoms with van der Waals surface area (Å²) in [6.07, 6.45) is 1.72. The lowest BCUT2D eigenvalue weighted by Crippen LogP contribution is -1.97. The minimum Gasteiger partial charge on any atom is -0.198 e. The van der Waals surface area contributed by atoms with Crippen molar-refractivity contribution < 1.29 is 0 Å². The SMILES string of the molecule is CCC(CC#N)Sc1cccs1. The molecule has 1 nitrogen and oxygen atoms in total. The molecule has 0 spiro atoms. The molecule has 0 aromatic carbocycles. The molecule has 0 saturated carbocycles. The van der Waals surface area contributed by atoms with Gasteiger partial charge in [0.05, 0.1) is 10.3 Å². The molecule has 1 aromatic rings. The van der Waals surface area contributed by atoms with Crippen molar-refractivity contribution >= 4 is 23.1 Å². The third-order valence-electron chi connectivity index (χ3n) is 1.55. The van der Waals surface area contributed by atoms with Crippen LogP contribution in [0.1, 0.15) is 19.8 Å². The van der Waals surface area contributed by atoms with E-state index in [0.717, 1.165) is 6.42 Å². The molecule has 64 valence electrons. The molecule has 0 aliphatic carbocycles. The van der Waals surface area contributed by atoms with Crippen LogP contribution < -0.4 is 0 Å². The monoisotopic (exact) mass is 197 g/mol. The third kappa shape index (κ3) is 2.88. The lowest BCUT2D eigenvalue weighted by molar-refractivity contribution is 0.843. The Morgan fingerprint density at radius 2 is 2.58 bits per heavy atom. The van der Waals surface area contributed by atoms with Crippen LogP contribution in [0.4, 0.5) is 0 Å². The van der Waals surface area contributed by atoms with Gasteiger partial charge in [-0.05, 0) is 17.9 Å². The van der Waals surface area contributed by atoms with Crippen LogP contribution in [0.2, 0.25) is 0 Å². The number of thioether (sulfide) groups is 1. The summed E-state index contributed by atoms with van der Waals surface area (Å²) >= 11 is 3.56. The molecule has 0 saturated heterocycles. The molecule has 1 rings (SSSR count). The molecule has 0 amide bonds. The fourth-order valence-electron chi connectivity index (χ4n) is 0.866. The minimum absolute atomic E-state index is 0.466. The van der Waals surface area contributed by atoms with Gasteiger partial charge in [0.25, 0.3) is 0 Å². The van der Waals surface area contributed by atoms with Gasteiger partial charge in [-0.1, -0.05) is 13.0 Å². The number of nitrogens with zero attached hydrogens (tertiary/aromatic N) is 1. The fourth-order valence-corrected chi connectivity index (χ4v) is 2.92. The van der Waals surface area contributed by atoms with Crippen LogP contribution in [-0.4, -0.2) is 5.25 Å². The van der Waals surface area contributed by atoms with Crippen molar-refractivity contribution in [3.05, 3.63) is 17.5 Å². The van der Waals surface area contributed by atoms with Gasteiger partial charge in [0.15, 0.2) is 0 Å². The summed E-state index contributed by atoms with van der Waals surface area (Å²) in [6, 6.07) is 6.37. The predicted molar refractivity (Wildman–Crippen MR) is 54.5 cm³/mol. The quantitative estimate of drug-likeness (QED) is 0.689. The molecule has 0 N–H and O–H groups in total. The van der Waals surface area contributed by atoms with E-state index < -0.39 is 0 Å². The van der Waals surface area contributed by atoms with Crippen molar-refractivity contribution in [2.24, 2.45) is 0 Å². The zero-order valence-electron chi connectivity index (χ0n) is 6.99. The number of thiophene rings is 1. The summed E-state index contributed by atoms with van der Waals surface area (Å²) in [4.78, 5) is 0. The van der Waals surface area contributed by atoms with E-state index in [2.05, 4.69) is 24.4 Å². The summed E-state index contributed by atoms with van der Waals surface area (Å²) in [5.41, 5.74) is 0. The van der Waals surface area contributed by atoms with Crippen LogP contribution in [-0.2, 0) is 0 Å². The van der Waals surface area contributed by atoms with Crippen molar-refractivity contribution in [1.82, 2.24) is 0 Å². The number of rotatable bonds is 4. The van der Waals surface area contributed by atoms with E-state index >= 15 is 0 Å².